The predicted octanol–water partition coefficient (Wildman–Crippen LogP) is 3.03. The summed E-state index contributed by atoms with van der Waals surface area (Å²) in [5.74, 6) is -1.05. The first-order valence-corrected chi connectivity index (χ1v) is 12.1. The fourth-order valence-corrected chi connectivity index (χ4v) is 5.18. The first-order valence-electron chi connectivity index (χ1n) is 10.6. The lowest BCUT2D eigenvalue weighted by Gasteiger charge is -2.26. The molecular weight excluding hydrogens is 489 g/mol. The van der Waals surface area contributed by atoms with Crippen molar-refractivity contribution in [2.75, 3.05) is 25.0 Å². The average molecular weight is 510 g/mol. The molecule has 0 unspecified atom stereocenters. The molecule has 1 aromatic heterocycles. The number of halogens is 3. The third-order valence-electron chi connectivity index (χ3n) is 5.29. The highest BCUT2D eigenvalue weighted by Gasteiger charge is 2.30. The fraction of sp³-hybridized carbons (Fsp3) is 0.333. The molecule has 1 aliphatic rings. The van der Waals surface area contributed by atoms with E-state index in [2.05, 4.69) is 20.8 Å². The van der Waals surface area contributed by atoms with Gasteiger partial charge in [-0.1, -0.05) is 18.6 Å². The highest BCUT2D eigenvalue weighted by molar-refractivity contribution is 7.89. The number of piperidine rings is 1. The van der Waals surface area contributed by atoms with Crippen molar-refractivity contribution in [3.8, 4) is 11.4 Å². The Morgan fingerprint density at radius 2 is 1.83 bits per heavy atom. The van der Waals surface area contributed by atoms with Crippen LogP contribution in [-0.4, -0.2) is 64.7 Å². The summed E-state index contributed by atoms with van der Waals surface area (Å²) in [5.41, 5.74) is 0.194. The van der Waals surface area contributed by atoms with Crippen LogP contribution < -0.4 is 10.1 Å². The number of hydrogen-bond donors (Lipinski definition) is 1. The molecule has 3 aromatic rings. The first-order chi connectivity index (χ1) is 16.6. The van der Waals surface area contributed by atoms with Crippen molar-refractivity contribution in [3.05, 3.63) is 54.4 Å². The van der Waals surface area contributed by atoms with Crippen LogP contribution in [0.1, 0.15) is 29.6 Å². The minimum Gasteiger partial charge on any atom is -0.482 e. The molecule has 1 saturated heterocycles. The van der Waals surface area contributed by atoms with E-state index in [0.29, 0.717) is 31.6 Å². The van der Waals surface area contributed by atoms with E-state index < -0.39 is 28.7 Å². The monoisotopic (exact) mass is 510 g/mol. The average Bonchev–Trinajstić information content (AvgIpc) is 3.38. The van der Waals surface area contributed by atoms with Crippen molar-refractivity contribution in [2.45, 2.75) is 30.3 Å². The van der Waals surface area contributed by atoms with Crippen molar-refractivity contribution in [1.82, 2.24) is 24.5 Å². The molecule has 0 spiro atoms. The van der Waals surface area contributed by atoms with Gasteiger partial charge in [0.1, 0.15) is 12.1 Å². The number of ether oxygens (including phenoxy) is 1. The number of aromatic nitrogens is 4. The van der Waals surface area contributed by atoms with Gasteiger partial charge >= 0.3 is 6.18 Å². The highest BCUT2D eigenvalue weighted by atomic mass is 32.2. The van der Waals surface area contributed by atoms with Crippen LogP contribution in [0, 0.1) is 0 Å². The van der Waals surface area contributed by atoms with E-state index in [9.17, 15) is 26.4 Å². The van der Waals surface area contributed by atoms with Crippen LogP contribution in [-0.2, 0) is 10.0 Å². The van der Waals surface area contributed by atoms with Gasteiger partial charge in [0.25, 0.3) is 5.91 Å². The van der Waals surface area contributed by atoms with Gasteiger partial charge in [0, 0.05) is 13.1 Å². The molecule has 0 saturated carbocycles. The summed E-state index contributed by atoms with van der Waals surface area (Å²) in [7, 11) is -3.92. The van der Waals surface area contributed by atoms with E-state index in [1.165, 1.54) is 27.4 Å². The van der Waals surface area contributed by atoms with E-state index in [1.54, 1.807) is 18.2 Å². The molecule has 14 heteroatoms. The largest absolute Gasteiger partial charge is 0.482 e. The van der Waals surface area contributed by atoms with Crippen LogP contribution in [0.15, 0.2) is 53.7 Å². The summed E-state index contributed by atoms with van der Waals surface area (Å²) in [6, 6.07) is 9.65. The molecule has 35 heavy (non-hydrogen) atoms. The van der Waals surface area contributed by atoms with Crippen LogP contribution in [0.5, 0.6) is 5.75 Å². The molecule has 10 nitrogen and oxygen atoms in total. The number of nitrogens with zero attached hydrogens (tertiary/aromatic N) is 5. The number of benzene rings is 2. The van der Waals surface area contributed by atoms with E-state index in [-0.39, 0.29) is 21.9 Å². The van der Waals surface area contributed by atoms with Gasteiger partial charge in [0.2, 0.25) is 10.0 Å². The number of alkyl halides is 3. The Balaban J connectivity index is 1.69. The topological polar surface area (TPSA) is 119 Å². The molecule has 0 atom stereocenters. The lowest BCUT2D eigenvalue weighted by Crippen LogP contribution is -2.35. The second kappa shape index (κ2) is 10.00. The highest BCUT2D eigenvalue weighted by Crippen LogP contribution is 2.32. The summed E-state index contributed by atoms with van der Waals surface area (Å²) >= 11 is 0. The number of nitrogens with one attached hydrogen (secondary N) is 1. The number of sulfonamides is 1. The Morgan fingerprint density at radius 3 is 2.51 bits per heavy atom. The summed E-state index contributed by atoms with van der Waals surface area (Å²) < 4.78 is 72.0. The second-order valence-corrected chi connectivity index (χ2v) is 9.69. The zero-order valence-electron chi connectivity index (χ0n) is 18.3. The summed E-state index contributed by atoms with van der Waals surface area (Å²) in [6.45, 7) is -0.930. The molecule has 2 heterocycles. The molecule has 1 fully saturated rings. The van der Waals surface area contributed by atoms with E-state index >= 15 is 0 Å². The van der Waals surface area contributed by atoms with Gasteiger partial charge in [-0.25, -0.2) is 8.42 Å². The minimum absolute atomic E-state index is 0.103. The lowest BCUT2D eigenvalue weighted by molar-refractivity contribution is -0.153. The Bertz CT molecular complexity index is 1290. The number of rotatable bonds is 7. The predicted molar refractivity (Wildman–Crippen MR) is 118 cm³/mol. The van der Waals surface area contributed by atoms with Gasteiger partial charge in [0.05, 0.1) is 21.8 Å². The number of anilines is 1. The van der Waals surface area contributed by atoms with Crippen LogP contribution >= 0.6 is 0 Å². The molecule has 1 amide bonds. The fourth-order valence-electron chi connectivity index (χ4n) is 3.63. The first kappa shape index (κ1) is 24.6. The van der Waals surface area contributed by atoms with Crippen LogP contribution in [0.3, 0.4) is 0 Å². The smallest absolute Gasteiger partial charge is 0.422 e. The molecular formula is C21H21F3N6O4S. The quantitative estimate of drug-likeness (QED) is 0.519. The minimum atomic E-state index is -4.63. The van der Waals surface area contributed by atoms with Crippen LogP contribution in [0.2, 0.25) is 0 Å². The number of amides is 1. The van der Waals surface area contributed by atoms with Crippen molar-refractivity contribution in [1.29, 1.82) is 0 Å². The number of hydrogen-bond acceptors (Lipinski definition) is 7. The summed E-state index contributed by atoms with van der Waals surface area (Å²) in [6.07, 6.45) is -1.02. The number of tetrazole rings is 1. The molecule has 1 N–H and O–H groups in total. The van der Waals surface area contributed by atoms with Gasteiger partial charge in [-0.15, -0.1) is 5.10 Å². The normalized spacial score (nSPS) is 15.1. The molecule has 186 valence electrons. The Kier molecular flexibility index (Phi) is 7.03. The van der Waals surface area contributed by atoms with Crippen LogP contribution in [0.4, 0.5) is 18.9 Å². The number of carbonyl (C=O) groups is 1. The zero-order valence-corrected chi connectivity index (χ0v) is 19.1. The third kappa shape index (κ3) is 5.77. The van der Waals surface area contributed by atoms with Crippen LogP contribution in [0.25, 0.3) is 5.69 Å². The van der Waals surface area contributed by atoms with Crippen molar-refractivity contribution >= 4 is 21.6 Å². The van der Waals surface area contributed by atoms with Crippen molar-refractivity contribution in [2.24, 2.45) is 0 Å². The second-order valence-electron chi connectivity index (χ2n) is 7.75. The molecule has 2 aromatic carbocycles. The van der Waals surface area contributed by atoms with Gasteiger partial charge in [-0.3, -0.25) is 4.79 Å². The lowest BCUT2D eigenvalue weighted by atomic mass is 10.1. The third-order valence-corrected chi connectivity index (χ3v) is 7.18. The molecule has 0 aliphatic carbocycles. The Hall–Kier alpha value is -3.52. The Morgan fingerprint density at radius 1 is 1.09 bits per heavy atom. The maximum Gasteiger partial charge on any atom is 0.422 e. The van der Waals surface area contributed by atoms with Gasteiger partial charge < -0.3 is 10.1 Å². The molecule has 4 rings (SSSR count). The maximum absolute atomic E-state index is 13.1. The Labute approximate surface area is 198 Å². The van der Waals surface area contributed by atoms with Gasteiger partial charge in [-0.05, 0) is 53.6 Å². The maximum atomic E-state index is 13.1. The van der Waals surface area contributed by atoms with E-state index in [1.807, 2.05) is 0 Å². The van der Waals surface area contributed by atoms with E-state index in [4.69, 9.17) is 4.74 Å². The van der Waals surface area contributed by atoms with E-state index in [0.717, 1.165) is 18.6 Å². The van der Waals surface area contributed by atoms with Crippen molar-refractivity contribution in [3.63, 3.8) is 0 Å². The standard InChI is InChI=1S/C21H21F3N6O4S/c22-21(23,24)13-34-19-9-8-15(35(32,33)29-10-4-1-5-11-29)12-17(19)26-20(31)16-6-2-3-7-18(16)30-14-25-27-28-30/h2-3,6-9,12,14H,1,4-5,10-11,13H2,(H,26,31). The summed E-state index contributed by atoms with van der Waals surface area (Å²) in [4.78, 5) is 13.0. The molecule has 1 aliphatic heterocycles. The number of para-hydroxylation sites is 1. The molecule has 0 bridgehead atoms. The SMILES string of the molecule is O=C(Nc1cc(S(=O)(=O)N2CCCCC2)ccc1OCC(F)(F)F)c1ccccc1-n1cnnn1. The van der Waals surface area contributed by atoms with Gasteiger partial charge in [-0.2, -0.15) is 22.2 Å². The summed E-state index contributed by atoms with van der Waals surface area (Å²) in [5, 5.41) is 13.3. The molecule has 0 radical (unpaired) electrons. The van der Waals surface area contributed by atoms with Gasteiger partial charge in [0.15, 0.2) is 6.61 Å². The zero-order chi connectivity index (χ0) is 25.1. The van der Waals surface area contributed by atoms with Crippen molar-refractivity contribution < 1.29 is 31.1 Å². The number of carbonyl (C=O) groups excluding carboxylic acids is 1.